The Morgan fingerprint density at radius 3 is 2.31 bits per heavy atom. The van der Waals surface area contributed by atoms with E-state index in [2.05, 4.69) is 9.71 Å². The van der Waals surface area contributed by atoms with Gasteiger partial charge in [0, 0.05) is 17.6 Å². The van der Waals surface area contributed by atoms with Gasteiger partial charge < -0.3 is 4.55 Å². The number of rotatable bonds is 4. The van der Waals surface area contributed by atoms with Gasteiger partial charge in [0.05, 0.1) is 21.3 Å². The van der Waals surface area contributed by atoms with Crippen molar-refractivity contribution in [3.8, 4) is 0 Å². The molecule has 0 aliphatic rings. The van der Waals surface area contributed by atoms with Crippen molar-refractivity contribution in [3.05, 3.63) is 63.4 Å². The second kappa shape index (κ2) is 7.94. The van der Waals surface area contributed by atoms with Gasteiger partial charge in [-0.1, -0.05) is 29.3 Å². The maximum atomic E-state index is 13.4. The van der Waals surface area contributed by atoms with Crippen LogP contribution in [0.5, 0.6) is 0 Å². The molecule has 3 nitrogen and oxygen atoms in total. The van der Waals surface area contributed by atoms with Gasteiger partial charge in [-0.15, -0.1) is 4.72 Å². The Labute approximate surface area is 163 Å². The fourth-order valence-electron chi connectivity index (χ4n) is 2.14. The lowest BCUT2D eigenvalue weighted by Crippen LogP contribution is -2.42. The van der Waals surface area contributed by atoms with Crippen LogP contribution in [0.15, 0.2) is 36.5 Å². The van der Waals surface area contributed by atoms with Crippen LogP contribution in [0.2, 0.25) is 10.0 Å². The van der Waals surface area contributed by atoms with Crippen molar-refractivity contribution < 1.29 is 17.7 Å². The Morgan fingerprint density at radius 2 is 1.77 bits per heavy atom. The molecule has 26 heavy (non-hydrogen) atoms. The summed E-state index contributed by atoms with van der Waals surface area (Å²) in [5, 5.41) is 0.449. The minimum atomic E-state index is -4.61. The average Bonchev–Trinajstić information content (AvgIpc) is 2.53. The third kappa shape index (κ3) is 5.04. The van der Waals surface area contributed by atoms with Gasteiger partial charge in [-0.3, -0.25) is 4.98 Å². The predicted molar refractivity (Wildman–Crippen MR) is 98.6 cm³/mol. The van der Waals surface area contributed by atoms with Crippen molar-refractivity contribution in [3.63, 3.8) is 0 Å². The molecule has 1 aromatic carbocycles. The molecule has 0 radical (unpaired) electrons. The third-order valence-electron chi connectivity index (χ3n) is 3.48. The van der Waals surface area contributed by atoms with Gasteiger partial charge in [-0.2, -0.15) is 13.2 Å². The van der Waals surface area contributed by atoms with Gasteiger partial charge in [0.25, 0.3) is 0 Å². The van der Waals surface area contributed by atoms with E-state index in [1.807, 2.05) is 0 Å². The highest BCUT2D eigenvalue weighted by atomic mass is 35.5. The van der Waals surface area contributed by atoms with Crippen molar-refractivity contribution in [1.82, 2.24) is 9.71 Å². The molecule has 0 aliphatic heterocycles. The van der Waals surface area contributed by atoms with Crippen LogP contribution in [0.25, 0.3) is 0 Å². The van der Waals surface area contributed by atoms with Crippen LogP contribution in [-0.4, -0.2) is 14.3 Å². The standard InChI is InChI=1S/C17H17Cl2F3N2OS/c1-16(2,3)26(25)24-14(10-6-7-12(18)13(19)9-10)15-11(17(20,21)22)5-4-8-23-15/h4-9,14,24H,1-3H3/t14-,26?/m0/s1. The van der Waals surface area contributed by atoms with Crippen molar-refractivity contribution in [1.29, 1.82) is 0 Å². The first-order valence-corrected chi connectivity index (χ1v) is 9.47. The molecule has 0 spiro atoms. The first-order valence-electron chi connectivity index (χ1n) is 7.56. The van der Waals surface area contributed by atoms with Crippen LogP contribution in [0.3, 0.4) is 0 Å². The van der Waals surface area contributed by atoms with Crippen LogP contribution >= 0.6 is 23.2 Å². The summed E-state index contributed by atoms with van der Waals surface area (Å²) in [5.74, 6) is 0. The number of nitrogens with zero attached hydrogens (tertiary/aromatic N) is 1. The summed E-state index contributed by atoms with van der Waals surface area (Å²) < 4.78 is 55.0. The van der Waals surface area contributed by atoms with Gasteiger partial charge in [0.2, 0.25) is 0 Å². The molecule has 1 N–H and O–H groups in total. The number of aromatic nitrogens is 1. The molecule has 1 aromatic heterocycles. The summed E-state index contributed by atoms with van der Waals surface area (Å²) >= 11 is 10.3. The number of alkyl halides is 3. The molecule has 9 heteroatoms. The van der Waals surface area contributed by atoms with E-state index in [0.29, 0.717) is 5.56 Å². The quantitative estimate of drug-likeness (QED) is 0.654. The highest BCUT2D eigenvalue weighted by Crippen LogP contribution is 2.37. The van der Waals surface area contributed by atoms with E-state index in [0.717, 1.165) is 6.07 Å². The van der Waals surface area contributed by atoms with Crippen LogP contribution in [0.1, 0.15) is 43.6 Å². The predicted octanol–water partition coefficient (Wildman–Crippen LogP) is 5.55. The van der Waals surface area contributed by atoms with Gasteiger partial charge in [-0.05, 0) is 50.6 Å². The molecule has 0 amide bonds. The summed E-state index contributed by atoms with van der Waals surface area (Å²) in [6.45, 7) is 5.14. The molecule has 1 heterocycles. The molecule has 0 aliphatic carbocycles. The summed E-state index contributed by atoms with van der Waals surface area (Å²) in [6.07, 6.45) is -3.35. The second-order valence-corrected chi connectivity index (χ2v) is 9.35. The largest absolute Gasteiger partial charge is 0.598 e. The summed E-state index contributed by atoms with van der Waals surface area (Å²) in [5.41, 5.74) is -0.813. The molecule has 2 aromatic rings. The highest BCUT2D eigenvalue weighted by molar-refractivity contribution is 7.90. The molecule has 142 valence electrons. The van der Waals surface area contributed by atoms with E-state index in [1.54, 1.807) is 20.8 Å². The smallest absolute Gasteiger partial charge is 0.418 e. The second-order valence-electron chi connectivity index (χ2n) is 6.54. The normalized spacial score (nSPS) is 15.0. The Morgan fingerprint density at radius 1 is 1.12 bits per heavy atom. The summed E-state index contributed by atoms with van der Waals surface area (Å²) in [4.78, 5) is 3.92. The number of nitrogens with one attached hydrogen (secondary N) is 1. The van der Waals surface area contributed by atoms with E-state index in [4.69, 9.17) is 23.2 Å². The average molecular weight is 425 g/mol. The van der Waals surface area contributed by atoms with E-state index < -0.39 is 33.9 Å². The topological polar surface area (TPSA) is 48.0 Å². The third-order valence-corrected chi connectivity index (χ3v) is 5.78. The maximum absolute atomic E-state index is 13.4. The van der Waals surface area contributed by atoms with Crippen molar-refractivity contribution in [2.75, 3.05) is 0 Å². The number of benzene rings is 1. The SMILES string of the molecule is CC(C)(C)[S+]([O-])N[C@@H](c1ccc(Cl)c(Cl)c1)c1ncccc1C(F)(F)F. The fraction of sp³-hybridized carbons (Fsp3) is 0.353. The zero-order valence-corrected chi connectivity index (χ0v) is 16.5. The molecule has 0 saturated carbocycles. The molecule has 0 saturated heterocycles. The van der Waals surface area contributed by atoms with Gasteiger partial charge in [0.15, 0.2) is 0 Å². The van der Waals surface area contributed by atoms with E-state index in [1.165, 1.54) is 30.5 Å². The van der Waals surface area contributed by atoms with Crippen LogP contribution in [-0.2, 0) is 17.5 Å². The van der Waals surface area contributed by atoms with Gasteiger partial charge in [-0.25, -0.2) is 0 Å². The lowest BCUT2D eigenvalue weighted by Gasteiger charge is -2.29. The minimum absolute atomic E-state index is 0.182. The molecule has 1 unspecified atom stereocenters. The number of halogens is 5. The van der Waals surface area contributed by atoms with Crippen molar-refractivity contribution in [2.24, 2.45) is 0 Å². The van der Waals surface area contributed by atoms with E-state index in [-0.39, 0.29) is 15.7 Å². The zero-order chi connectivity index (χ0) is 19.7. The lowest BCUT2D eigenvalue weighted by atomic mass is 10.00. The molecule has 2 rings (SSSR count). The fourth-order valence-corrected chi connectivity index (χ4v) is 3.27. The Balaban J connectivity index is 2.60. The van der Waals surface area contributed by atoms with E-state index >= 15 is 0 Å². The molecule has 0 fully saturated rings. The molecule has 0 bridgehead atoms. The summed E-state index contributed by atoms with van der Waals surface area (Å²) in [6, 6.07) is 5.51. The van der Waals surface area contributed by atoms with Crippen LogP contribution in [0.4, 0.5) is 13.2 Å². The molecule has 2 atom stereocenters. The van der Waals surface area contributed by atoms with Gasteiger partial charge >= 0.3 is 6.18 Å². The Kier molecular flexibility index (Phi) is 6.51. The lowest BCUT2D eigenvalue weighted by molar-refractivity contribution is -0.138. The maximum Gasteiger partial charge on any atom is 0.418 e. The van der Waals surface area contributed by atoms with Crippen LogP contribution < -0.4 is 4.72 Å². The molecular formula is C17H17Cl2F3N2OS. The Bertz CT molecular complexity index is 781. The number of hydrogen-bond acceptors (Lipinski definition) is 3. The first kappa shape index (κ1) is 21.3. The highest BCUT2D eigenvalue weighted by Gasteiger charge is 2.39. The van der Waals surface area contributed by atoms with E-state index in [9.17, 15) is 17.7 Å². The molecular weight excluding hydrogens is 408 g/mol. The monoisotopic (exact) mass is 424 g/mol. The van der Waals surface area contributed by atoms with Gasteiger partial charge in [0.1, 0.15) is 10.8 Å². The van der Waals surface area contributed by atoms with Crippen LogP contribution in [0, 0.1) is 0 Å². The number of pyridine rings is 1. The van der Waals surface area contributed by atoms with Crippen molar-refractivity contribution in [2.45, 2.75) is 37.7 Å². The summed E-state index contributed by atoms with van der Waals surface area (Å²) in [7, 11) is 0. The van der Waals surface area contributed by atoms with Crippen molar-refractivity contribution >= 4 is 34.6 Å². The first-order chi connectivity index (χ1) is 11.9. The number of hydrogen-bond donors (Lipinski definition) is 1. The Hall–Kier alpha value is -0.990. The zero-order valence-electron chi connectivity index (χ0n) is 14.2. The minimum Gasteiger partial charge on any atom is -0.598 e.